The minimum absolute atomic E-state index is 0. The zero-order valence-corrected chi connectivity index (χ0v) is 81.8. The second-order valence-corrected chi connectivity index (χ2v) is 38.4. The Bertz CT molecular complexity index is 5630. The summed E-state index contributed by atoms with van der Waals surface area (Å²) in [5.74, 6) is 2.24. The Labute approximate surface area is 812 Å². The van der Waals surface area contributed by atoms with Crippen LogP contribution in [0, 0.1) is 34.5 Å². The minimum Gasteiger partial charge on any atom is -0.397 e. The fraction of sp³-hybridized carbons (Fsp3) is 0.489. The highest BCUT2D eigenvalue weighted by molar-refractivity contribution is 8.00. The number of nitrogens with two attached hydrogens (primary N) is 6. The summed E-state index contributed by atoms with van der Waals surface area (Å²) in [6.07, 6.45) is 15.2. The number of thiophene rings is 2. The van der Waals surface area contributed by atoms with Crippen LogP contribution < -0.4 is 74.6 Å². The van der Waals surface area contributed by atoms with Gasteiger partial charge in [-0.3, -0.25) is 43.2 Å². The Hall–Kier alpha value is -10.4. The summed E-state index contributed by atoms with van der Waals surface area (Å²) in [5, 5.41) is 53.6. The number of Topliss-reactive ketones (excluding diaryl/α,β-unsaturated/α-hetero) is 4. The van der Waals surface area contributed by atoms with E-state index >= 15 is 0 Å². The number of nitrogens with zero attached hydrogens (tertiary/aromatic N) is 9. The molecule has 4 aliphatic heterocycles. The van der Waals surface area contributed by atoms with Crippen molar-refractivity contribution in [3.63, 3.8) is 0 Å². The number of primary amides is 3. The van der Waals surface area contributed by atoms with Crippen molar-refractivity contribution in [2.75, 3.05) is 116 Å². The summed E-state index contributed by atoms with van der Waals surface area (Å²) in [5.41, 5.74) is 36.0. The molecule has 6 fully saturated rings. The first-order valence-electron chi connectivity index (χ1n) is 44.5. The molecule has 2 unspecified atom stereocenters. The van der Waals surface area contributed by atoms with Gasteiger partial charge in [-0.25, -0.2) is 19.9 Å². The van der Waals surface area contributed by atoms with Crippen molar-refractivity contribution in [3.8, 4) is 18.0 Å². The molecule has 732 valence electrons. The molecule has 10 heterocycles. The number of amides is 5. The number of pyridine rings is 4. The van der Waals surface area contributed by atoms with Gasteiger partial charge in [0, 0.05) is 151 Å². The molecule has 8 aromatic rings. The van der Waals surface area contributed by atoms with Gasteiger partial charge in [0.25, 0.3) is 23.6 Å². The number of fused-ring (bicyclic) bond motifs is 2. The number of hydrogen-bond acceptors (Lipinski definition) is 32. The number of benzene rings is 2. The van der Waals surface area contributed by atoms with Crippen molar-refractivity contribution in [3.05, 3.63) is 138 Å². The molecule has 2 atom stereocenters. The molecule has 2 saturated carbocycles. The summed E-state index contributed by atoms with van der Waals surface area (Å²) in [7, 11) is -5.87. The van der Waals surface area contributed by atoms with Crippen LogP contribution in [0.1, 0.15) is 234 Å². The Morgan fingerprint density at radius 1 is 0.570 bits per heavy atom. The Kier molecular flexibility index (Phi) is 44.6. The largest absolute Gasteiger partial charge is 0.534 e. The second kappa shape index (κ2) is 53.9. The van der Waals surface area contributed by atoms with Crippen LogP contribution >= 0.6 is 71.0 Å². The fourth-order valence-corrected chi connectivity index (χ4v) is 18.7. The van der Waals surface area contributed by atoms with E-state index in [4.69, 9.17) is 39.4 Å². The second-order valence-electron chi connectivity index (χ2n) is 33.0. The number of thioether (sulfide) groups is 2. The van der Waals surface area contributed by atoms with Gasteiger partial charge in [-0.15, -0.1) is 47.5 Å². The van der Waals surface area contributed by atoms with E-state index in [2.05, 4.69) is 88.0 Å². The first kappa shape index (κ1) is 112. The number of carbonyl (C=O) groups is 9. The smallest absolute Gasteiger partial charge is 0.397 e. The number of nitrogen functional groups attached to an aromatic ring is 2. The summed E-state index contributed by atoms with van der Waals surface area (Å²) >= 11 is 4.54. The lowest BCUT2D eigenvalue weighted by atomic mass is 10.0. The molecular formula is C92H120Cl2F3N19O14S5. The van der Waals surface area contributed by atoms with Crippen LogP contribution in [0.5, 0.6) is 5.88 Å². The normalized spacial score (nSPS) is 15.4. The van der Waals surface area contributed by atoms with Crippen LogP contribution in [-0.4, -0.2) is 193 Å². The van der Waals surface area contributed by atoms with E-state index in [9.17, 15) is 85.5 Å². The highest BCUT2D eigenvalue weighted by Gasteiger charge is 2.49. The van der Waals surface area contributed by atoms with Gasteiger partial charge < -0.3 is 84.8 Å². The number of anilines is 5. The van der Waals surface area contributed by atoms with E-state index in [-0.39, 0.29) is 76.8 Å². The number of nitrogens with one attached hydrogen (secondary N) is 4. The van der Waals surface area contributed by atoms with E-state index in [0.29, 0.717) is 149 Å². The maximum Gasteiger partial charge on any atom is 0.534 e. The number of rotatable bonds is 33. The predicted octanol–water partition coefficient (Wildman–Crippen LogP) is 11.5. The van der Waals surface area contributed by atoms with E-state index in [1.54, 1.807) is 43.3 Å². The van der Waals surface area contributed by atoms with Crippen LogP contribution in [0.3, 0.4) is 0 Å². The summed E-state index contributed by atoms with van der Waals surface area (Å²) in [6.45, 7) is 17.6. The van der Waals surface area contributed by atoms with Crippen LogP contribution in [0.4, 0.5) is 42.0 Å². The van der Waals surface area contributed by atoms with Crippen LogP contribution in [0.2, 0.25) is 0 Å². The zero-order chi connectivity index (χ0) is 96.8. The van der Waals surface area contributed by atoms with Crippen molar-refractivity contribution >= 4 is 183 Å². The number of piperidine rings is 4. The summed E-state index contributed by atoms with van der Waals surface area (Å²) in [4.78, 5) is 129. The van der Waals surface area contributed by atoms with Gasteiger partial charge >= 0.3 is 15.6 Å². The predicted molar refractivity (Wildman–Crippen MR) is 526 cm³/mol. The molecule has 18 N–H and O–H groups in total. The van der Waals surface area contributed by atoms with Gasteiger partial charge in [0.1, 0.15) is 82.2 Å². The molecule has 6 aliphatic rings. The Balaban J connectivity index is 0.000000231. The summed E-state index contributed by atoms with van der Waals surface area (Å²) < 4.78 is 63.5. The number of aryl methyl sites for hydroxylation is 4. The van der Waals surface area contributed by atoms with Gasteiger partial charge in [-0.1, -0.05) is 101 Å². The molecule has 14 rings (SSSR count). The zero-order valence-electron chi connectivity index (χ0n) is 76.1. The number of aliphatic hydroxyl groups excluding tert-OH is 2. The van der Waals surface area contributed by atoms with E-state index in [1.807, 2.05) is 30.3 Å². The van der Waals surface area contributed by atoms with Crippen molar-refractivity contribution in [2.45, 2.75) is 197 Å². The quantitative estimate of drug-likeness (QED) is 0.0103. The third-order valence-corrected chi connectivity index (χ3v) is 27.6. The van der Waals surface area contributed by atoms with E-state index in [1.165, 1.54) is 67.0 Å². The third kappa shape index (κ3) is 33.2. The molecule has 6 aromatic heterocycles. The van der Waals surface area contributed by atoms with Crippen molar-refractivity contribution in [2.24, 2.45) is 34.8 Å². The Morgan fingerprint density at radius 3 is 1.33 bits per heavy atom. The number of halogens is 5. The molecule has 0 spiro atoms. The van der Waals surface area contributed by atoms with Gasteiger partial charge in [0.05, 0.1) is 46.2 Å². The molecule has 0 radical (unpaired) electrons. The molecule has 135 heavy (non-hydrogen) atoms. The van der Waals surface area contributed by atoms with Crippen molar-refractivity contribution in [1.29, 1.82) is 10.5 Å². The average molecular weight is 2000 g/mol. The number of nitriles is 2. The fourth-order valence-electron chi connectivity index (χ4n) is 14.7. The number of aromatic nitrogens is 4. The maximum absolute atomic E-state index is 12.4. The molecule has 2 aromatic carbocycles. The van der Waals surface area contributed by atoms with Gasteiger partial charge in [0.2, 0.25) is 11.8 Å². The summed E-state index contributed by atoms with van der Waals surface area (Å²) in [6, 6.07) is 25.6. The molecule has 0 bridgehead atoms. The third-order valence-electron chi connectivity index (χ3n) is 22.3. The van der Waals surface area contributed by atoms with Gasteiger partial charge in [-0.2, -0.15) is 32.1 Å². The first-order valence-corrected chi connectivity index (χ1v) is 49.5. The SMILES string of the molecule is CCCc1cc(N2CCC(=O)CC2)nc(SCC(N)=O)c1C#N.CCCc1cc(N2CCC(=O)CC2)nc2sc(C(N)=O)c(N)c12.CCCc1cc(N2CCC(NCC(O)c3ccc(C(=O)NCC4CC4)cc3)CC2)nc2sc(C(N)=O)c(N)c12.CCCc1cc(OS(=O)(=O)C(F)(F)F)nc(SCC(C)=O)c1C#N.Cl.Cl.NCC(O)c1ccc(C(=O)NCC2CC2)cc1.O=C1CCNCC1. The number of alkyl halides is 3. The highest BCUT2D eigenvalue weighted by Crippen LogP contribution is 2.41. The van der Waals surface area contributed by atoms with E-state index < -0.39 is 51.4 Å². The lowest BCUT2D eigenvalue weighted by molar-refractivity contribution is -0.120. The lowest BCUT2D eigenvalue weighted by Crippen LogP contribution is -2.44. The van der Waals surface area contributed by atoms with Crippen molar-refractivity contribution in [1.82, 2.24) is 41.2 Å². The molecule has 4 saturated heterocycles. The van der Waals surface area contributed by atoms with E-state index in [0.717, 1.165) is 187 Å². The lowest BCUT2D eigenvalue weighted by Gasteiger charge is -2.34. The molecule has 43 heteroatoms. The average Bonchev–Trinajstić information content (AvgIpc) is 1.63. The van der Waals surface area contributed by atoms with Gasteiger partial charge in [0.15, 0.2) is 0 Å². The number of hydrogen-bond donors (Lipinski definition) is 12. The van der Waals surface area contributed by atoms with Crippen molar-refractivity contribution < 1.29 is 79.1 Å². The number of ketones is 4. The monoisotopic (exact) mass is 2000 g/mol. The molecule has 33 nitrogen and oxygen atoms in total. The number of carbonyl (C=O) groups excluding carboxylic acids is 9. The van der Waals surface area contributed by atoms with Crippen LogP contribution in [0.25, 0.3) is 20.4 Å². The minimum atomic E-state index is -5.87. The molecule has 2 aliphatic carbocycles. The first-order chi connectivity index (χ1) is 63.5. The van der Waals surface area contributed by atoms with Crippen LogP contribution in [-0.2, 0) is 59.8 Å². The Morgan fingerprint density at radius 2 is 0.956 bits per heavy atom. The van der Waals surface area contributed by atoms with Crippen LogP contribution in [0.15, 0.2) is 82.8 Å². The maximum atomic E-state index is 12.4. The van der Waals surface area contributed by atoms with Gasteiger partial charge in [-0.05, 0) is 159 Å². The molecular weight excluding hydrogens is 1880 g/mol. The highest BCUT2D eigenvalue weighted by atomic mass is 35.5. The molecule has 5 amide bonds. The topological polar surface area (TPSA) is 551 Å². The number of aliphatic hydroxyl groups is 2. The standard InChI is InChI=1S/C29H38N6O3S.2C16H20N4O2S.C13H13F3N2O4S2.C13H18N2O2.C5H9NO.2ClH/c1-2-3-20-14-23(34-29-24(20)25(30)26(39-29)27(31)37)35-12-10-21(11-13-35)32-16-22(36)18-6-8-19(9-7-18)28(38)33-15-17-4-5-17;1-2-3-9-8-11(20-6-4-10(21)5-7-20)19-16-12(9)13(17)14(23-16)15(18)22;1-2-3-11-8-15(20-6-4-12(21)5-7-20)19-16(13(11)9-17)23-10-14(18)22;1-3-4-9-5-11(22-24(20,21)13(14,15)16)18-12(10(9)6-17)23-7-8(2)19;14-7-12(16)10-3-5-11(6-4-10)13(17)15-8-9-1-2-9;7-5-1-3-6-4-2-5;;/h6-9,14,17,21-22,32,36H,2-5,10-13,15-16,30H2,1H3,(H2,31,37)(H,33,38);8H,2-7,17H2,1H3,(H2,18,22);8H,2-7,10H2,1H3,(H2,18,22);5H,3-4,7H2,1-2H3;3-6,9,12,16H,1-2,7-8,14H2,(H,15,17);6H,1-4H2;2*1H.